The van der Waals surface area contributed by atoms with E-state index in [1.54, 1.807) is 16.9 Å². The third-order valence-corrected chi connectivity index (χ3v) is 2.20. The number of hydrogen-bond acceptors (Lipinski definition) is 4. The van der Waals surface area contributed by atoms with Gasteiger partial charge in [0.1, 0.15) is 11.4 Å². The SMILES string of the molecule is OCNn1c(=S)ccc2cccnc21. The fraction of sp³-hybridized carbons (Fsp3) is 0.111. The van der Waals surface area contributed by atoms with Crippen LogP contribution >= 0.6 is 12.2 Å². The van der Waals surface area contributed by atoms with Gasteiger partial charge in [-0.15, -0.1) is 0 Å². The van der Waals surface area contributed by atoms with E-state index in [4.69, 9.17) is 17.3 Å². The van der Waals surface area contributed by atoms with Crippen molar-refractivity contribution in [3.05, 3.63) is 35.1 Å². The first-order valence-electron chi connectivity index (χ1n) is 4.14. The lowest BCUT2D eigenvalue weighted by atomic mass is 10.3. The summed E-state index contributed by atoms with van der Waals surface area (Å²) in [6.07, 6.45) is 1.69. The maximum atomic E-state index is 8.80. The van der Waals surface area contributed by atoms with Crippen LogP contribution in [-0.2, 0) is 0 Å². The van der Waals surface area contributed by atoms with Crippen molar-refractivity contribution >= 4 is 23.3 Å². The largest absolute Gasteiger partial charge is 0.375 e. The maximum Gasteiger partial charge on any atom is 0.159 e. The Morgan fingerprint density at radius 1 is 1.43 bits per heavy atom. The summed E-state index contributed by atoms with van der Waals surface area (Å²) >= 11 is 5.09. The van der Waals surface area contributed by atoms with Gasteiger partial charge < -0.3 is 5.11 Å². The van der Waals surface area contributed by atoms with E-state index >= 15 is 0 Å². The van der Waals surface area contributed by atoms with Gasteiger partial charge >= 0.3 is 0 Å². The summed E-state index contributed by atoms with van der Waals surface area (Å²) in [5.41, 5.74) is 3.44. The van der Waals surface area contributed by atoms with Gasteiger partial charge in [-0.1, -0.05) is 12.2 Å². The van der Waals surface area contributed by atoms with E-state index in [1.807, 2.05) is 18.2 Å². The molecule has 5 heteroatoms. The van der Waals surface area contributed by atoms with Gasteiger partial charge in [0.25, 0.3) is 0 Å². The van der Waals surface area contributed by atoms with Crippen LogP contribution in [0.5, 0.6) is 0 Å². The lowest BCUT2D eigenvalue weighted by Gasteiger charge is -2.10. The average molecular weight is 207 g/mol. The number of aliphatic hydroxyl groups is 1. The van der Waals surface area contributed by atoms with E-state index in [2.05, 4.69) is 10.4 Å². The quantitative estimate of drug-likeness (QED) is 0.575. The van der Waals surface area contributed by atoms with Crippen molar-refractivity contribution in [1.29, 1.82) is 0 Å². The fourth-order valence-electron chi connectivity index (χ4n) is 1.29. The molecule has 2 aromatic heterocycles. The first kappa shape index (κ1) is 9.11. The van der Waals surface area contributed by atoms with Crippen LogP contribution in [0, 0.1) is 4.64 Å². The van der Waals surface area contributed by atoms with Crippen molar-refractivity contribution in [2.75, 3.05) is 12.2 Å². The molecule has 4 nitrogen and oxygen atoms in total. The van der Waals surface area contributed by atoms with Crippen molar-refractivity contribution in [1.82, 2.24) is 9.66 Å². The number of aliphatic hydroxyl groups excluding tert-OH is 1. The highest BCUT2D eigenvalue weighted by atomic mass is 32.1. The van der Waals surface area contributed by atoms with Crippen LogP contribution in [-0.4, -0.2) is 21.5 Å². The number of nitrogens with zero attached hydrogens (tertiary/aromatic N) is 2. The Hall–Kier alpha value is -1.46. The van der Waals surface area contributed by atoms with Crippen molar-refractivity contribution < 1.29 is 5.11 Å². The molecule has 0 aliphatic heterocycles. The molecule has 0 saturated heterocycles. The summed E-state index contributed by atoms with van der Waals surface area (Å²) in [7, 11) is 0. The molecule has 0 unspecified atom stereocenters. The smallest absolute Gasteiger partial charge is 0.159 e. The summed E-state index contributed by atoms with van der Waals surface area (Å²) in [6.45, 7) is -0.177. The minimum atomic E-state index is -0.177. The molecule has 72 valence electrons. The third kappa shape index (κ3) is 1.47. The standard InChI is InChI=1S/C9H9N3OS/c13-6-11-12-8(14)4-3-7-2-1-5-10-9(7)12/h1-5,11,13H,6H2. The Kier molecular flexibility index (Phi) is 2.43. The van der Waals surface area contributed by atoms with Gasteiger partial charge in [0, 0.05) is 11.6 Å². The maximum absolute atomic E-state index is 8.80. The van der Waals surface area contributed by atoms with Crippen LogP contribution in [0.1, 0.15) is 0 Å². The number of hydrogen-bond donors (Lipinski definition) is 2. The highest BCUT2D eigenvalue weighted by molar-refractivity contribution is 7.71. The Labute approximate surface area is 85.8 Å². The second kappa shape index (κ2) is 3.73. The van der Waals surface area contributed by atoms with Gasteiger partial charge in [-0.05, 0) is 24.3 Å². The lowest BCUT2D eigenvalue weighted by Crippen LogP contribution is -2.17. The molecule has 0 atom stereocenters. The van der Waals surface area contributed by atoms with Gasteiger partial charge in [0.2, 0.25) is 0 Å². The number of rotatable bonds is 2. The van der Waals surface area contributed by atoms with E-state index in [0.717, 1.165) is 5.39 Å². The highest BCUT2D eigenvalue weighted by Gasteiger charge is 1.99. The predicted molar refractivity (Wildman–Crippen MR) is 57.0 cm³/mol. The summed E-state index contributed by atoms with van der Waals surface area (Å²) in [6, 6.07) is 7.49. The topological polar surface area (TPSA) is 50.1 Å². The first-order valence-corrected chi connectivity index (χ1v) is 4.55. The van der Waals surface area contributed by atoms with Crippen LogP contribution in [0.2, 0.25) is 0 Å². The average Bonchev–Trinajstić information content (AvgIpc) is 2.23. The molecule has 0 aliphatic carbocycles. The van der Waals surface area contributed by atoms with E-state index < -0.39 is 0 Å². The molecule has 0 radical (unpaired) electrons. The number of aromatic nitrogens is 2. The van der Waals surface area contributed by atoms with Crippen LogP contribution < -0.4 is 5.43 Å². The van der Waals surface area contributed by atoms with Gasteiger partial charge in [-0.25, -0.2) is 9.66 Å². The van der Waals surface area contributed by atoms with E-state index in [0.29, 0.717) is 10.3 Å². The highest BCUT2D eigenvalue weighted by Crippen LogP contribution is 2.09. The molecule has 2 N–H and O–H groups in total. The van der Waals surface area contributed by atoms with Crippen molar-refractivity contribution in [3.63, 3.8) is 0 Å². The number of nitrogens with one attached hydrogen (secondary N) is 1. The van der Waals surface area contributed by atoms with Crippen molar-refractivity contribution in [2.45, 2.75) is 0 Å². The zero-order valence-electron chi connectivity index (χ0n) is 7.34. The Morgan fingerprint density at radius 3 is 3.07 bits per heavy atom. The molecule has 0 saturated carbocycles. The summed E-state index contributed by atoms with van der Waals surface area (Å²) in [5, 5.41) is 9.77. The predicted octanol–water partition coefficient (Wildman–Crippen LogP) is 1.26. The molecule has 0 spiro atoms. The van der Waals surface area contributed by atoms with E-state index in [-0.39, 0.29) is 6.73 Å². The van der Waals surface area contributed by atoms with Gasteiger partial charge in [-0.3, -0.25) is 5.43 Å². The van der Waals surface area contributed by atoms with E-state index in [1.165, 1.54) is 0 Å². The van der Waals surface area contributed by atoms with Gasteiger partial charge in [0.05, 0.1) is 0 Å². The molecule has 0 aliphatic rings. The van der Waals surface area contributed by atoms with E-state index in [9.17, 15) is 0 Å². The lowest BCUT2D eigenvalue weighted by molar-refractivity contribution is 0.310. The Balaban J connectivity index is 2.76. The molecule has 0 bridgehead atoms. The number of pyridine rings is 2. The monoisotopic (exact) mass is 207 g/mol. The molecular weight excluding hydrogens is 198 g/mol. The molecule has 2 rings (SSSR count). The van der Waals surface area contributed by atoms with Crippen molar-refractivity contribution in [2.24, 2.45) is 0 Å². The molecule has 14 heavy (non-hydrogen) atoms. The summed E-state index contributed by atoms with van der Waals surface area (Å²) in [4.78, 5) is 4.18. The molecule has 0 aromatic carbocycles. The third-order valence-electron chi connectivity index (χ3n) is 1.88. The first-order chi connectivity index (χ1) is 6.83. The Bertz CT molecular complexity index is 509. The molecule has 2 aromatic rings. The minimum absolute atomic E-state index is 0.177. The molecule has 0 amide bonds. The fourth-order valence-corrected chi connectivity index (χ4v) is 1.51. The van der Waals surface area contributed by atoms with Gasteiger partial charge in [0.15, 0.2) is 5.65 Å². The summed E-state index contributed by atoms with van der Waals surface area (Å²) in [5.74, 6) is 0. The van der Waals surface area contributed by atoms with Crippen LogP contribution in [0.25, 0.3) is 11.0 Å². The van der Waals surface area contributed by atoms with Crippen LogP contribution in [0.15, 0.2) is 30.5 Å². The summed E-state index contributed by atoms with van der Waals surface area (Å²) < 4.78 is 2.18. The number of fused-ring (bicyclic) bond motifs is 1. The minimum Gasteiger partial charge on any atom is -0.375 e. The second-order valence-corrected chi connectivity index (χ2v) is 3.16. The second-order valence-electron chi connectivity index (χ2n) is 2.74. The van der Waals surface area contributed by atoms with Crippen LogP contribution in [0.4, 0.5) is 0 Å². The zero-order chi connectivity index (χ0) is 9.97. The zero-order valence-corrected chi connectivity index (χ0v) is 8.16. The molecular formula is C9H9N3OS. The van der Waals surface area contributed by atoms with Crippen LogP contribution in [0.3, 0.4) is 0 Å². The van der Waals surface area contributed by atoms with Gasteiger partial charge in [-0.2, -0.15) is 0 Å². The normalized spacial score (nSPS) is 10.4. The Morgan fingerprint density at radius 2 is 2.29 bits per heavy atom. The van der Waals surface area contributed by atoms with Crippen molar-refractivity contribution in [3.8, 4) is 0 Å². The molecule has 0 fully saturated rings. The molecule has 2 heterocycles.